The number of hydrogen-bond acceptors (Lipinski definition) is 13. The first-order valence-electron chi connectivity index (χ1n) is 19.9. The Hall–Kier alpha value is -7.47. The van der Waals surface area contributed by atoms with Crippen LogP contribution in [-0.4, -0.2) is 120 Å². The first-order chi connectivity index (χ1) is 30.5. The van der Waals surface area contributed by atoms with Gasteiger partial charge in [0.05, 0.1) is 24.7 Å². The molecule has 1 aromatic heterocycles. The summed E-state index contributed by atoms with van der Waals surface area (Å²) in [5.74, 6) is -6.26. The van der Waals surface area contributed by atoms with Crippen molar-refractivity contribution in [2.75, 3.05) is 25.1 Å². The van der Waals surface area contributed by atoms with Gasteiger partial charge in [-0.3, -0.25) is 48.9 Å². The molecule has 64 heavy (non-hydrogen) atoms. The zero-order valence-corrected chi connectivity index (χ0v) is 35.2. The second-order valence-electron chi connectivity index (χ2n) is 14.4. The van der Waals surface area contributed by atoms with Crippen molar-refractivity contribution in [1.82, 2.24) is 42.2 Å². The van der Waals surface area contributed by atoms with Crippen molar-refractivity contribution in [3.63, 3.8) is 0 Å². The molecule has 3 aromatic rings. The number of aliphatic carboxylic acids is 1. The number of nitrogens with two attached hydrogens (primary N) is 1. The second-order valence-corrected chi connectivity index (χ2v) is 15.7. The maximum Gasteiger partial charge on any atom is 0.305 e. The lowest BCUT2D eigenvalue weighted by molar-refractivity contribution is -0.141. The van der Waals surface area contributed by atoms with Gasteiger partial charge >= 0.3 is 5.97 Å². The van der Waals surface area contributed by atoms with Gasteiger partial charge in [0.1, 0.15) is 34.9 Å². The number of aromatic nitrogens is 1. The summed E-state index contributed by atoms with van der Waals surface area (Å²) < 4.78 is 32.6. The van der Waals surface area contributed by atoms with Gasteiger partial charge in [-0.05, 0) is 55.9 Å². The lowest BCUT2D eigenvalue weighted by Crippen LogP contribution is -2.58. The van der Waals surface area contributed by atoms with Crippen molar-refractivity contribution in [1.29, 1.82) is 5.41 Å². The predicted molar refractivity (Wildman–Crippen MR) is 230 cm³/mol. The van der Waals surface area contributed by atoms with Crippen LogP contribution >= 0.6 is 0 Å². The largest absolute Gasteiger partial charge is 0.481 e. The van der Waals surface area contributed by atoms with Gasteiger partial charge in [-0.25, -0.2) is 4.98 Å². The van der Waals surface area contributed by atoms with E-state index in [2.05, 4.69) is 52.7 Å². The maximum absolute atomic E-state index is 14.0. The number of hydrogen-bond donors (Lipinski definition) is 12. The number of carboxylic acids is 1. The standard InChI is InChI=1S/C40H50N12O11S/c41-40(42)44-18-8-13-27-36(57)46-23-33(53)48-30(20-34(54)55)39(60)51-29(19-24-9-2-1-3-10-24)38(59)50-28(37(58)49-27)12-6-7-17-43-35(56)26-15-16-32(45-21-26)52-47-22-25-11-4-5-14-31(25)64(61,62)63/h1-5,9-11,14-16,21-22,27-30H,6-8,12-13,17-20,23H2,(H,43,56)(H,45,52)(H,46,57)(H,48,53)(H,49,58)(H,50,59)(H,51,60)(H,54,55)(H4,41,42,44)(H,61,62,63)/b47-22+/t27-,28-,29+,30-/m0/s1. The Morgan fingerprint density at radius 3 is 2.09 bits per heavy atom. The number of amides is 6. The Labute approximate surface area is 367 Å². The molecule has 1 fully saturated rings. The fourth-order valence-electron chi connectivity index (χ4n) is 6.22. The summed E-state index contributed by atoms with van der Waals surface area (Å²) in [6, 6.07) is 11.6. The van der Waals surface area contributed by atoms with E-state index in [0.717, 1.165) is 0 Å². The number of benzene rings is 2. The van der Waals surface area contributed by atoms with E-state index >= 15 is 0 Å². The maximum atomic E-state index is 14.0. The lowest BCUT2D eigenvalue weighted by atomic mass is 10.0. The van der Waals surface area contributed by atoms with Crippen LogP contribution in [0.15, 0.2) is 82.9 Å². The smallest absolute Gasteiger partial charge is 0.305 e. The van der Waals surface area contributed by atoms with Gasteiger partial charge in [0, 0.05) is 31.3 Å². The van der Waals surface area contributed by atoms with Gasteiger partial charge in [0.2, 0.25) is 29.5 Å². The normalized spacial score (nSPS) is 18.8. The van der Waals surface area contributed by atoms with E-state index in [-0.39, 0.29) is 73.0 Å². The van der Waals surface area contributed by atoms with Gasteiger partial charge in [-0.15, -0.1) is 0 Å². The molecular weight excluding hydrogens is 857 g/mol. The fraction of sp³-hybridized carbons (Fsp3) is 0.350. The molecule has 1 aliphatic rings. The number of nitrogens with zero attached hydrogens (tertiary/aromatic N) is 2. The van der Waals surface area contributed by atoms with Gasteiger partial charge in [0.15, 0.2) is 5.96 Å². The van der Waals surface area contributed by atoms with E-state index in [9.17, 15) is 51.6 Å². The van der Waals surface area contributed by atoms with E-state index in [1.165, 1.54) is 42.7 Å². The highest BCUT2D eigenvalue weighted by Gasteiger charge is 2.33. The number of hydrazone groups is 1. The Bertz CT molecular complexity index is 2300. The lowest BCUT2D eigenvalue weighted by Gasteiger charge is -2.26. The summed E-state index contributed by atoms with van der Waals surface area (Å²) in [6.07, 6.45) is 2.34. The van der Waals surface area contributed by atoms with Crippen molar-refractivity contribution < 1.29 is 51.6 Å². The molecule has 0 spiro atoms. The molecule has 0 saturated carbocycles. The third kappa shape index (κ3) is 16.4. The molecule has 4 rings (SSSR count). The Balaban J connectivity index is 1.46. The van der Waals surface area contributed by atoms with Gasteiger partial charge in [-0.2, -0.15) is 13.5 Å². The zero-order valence-electron chi connectivity index (χ0n) is 34.3. The number of unbranched alkanes of at least 4 members (excludes halogenated alkanes) is 1. The molecule has 23 nitrogen and oxygen atoms in total. The van der Waals surface area contributed by atoms with Gasteiger partial charge in [0.25, 0.3) is 16.0 Å². The molecule has 1 saturated heterocycles. The molecule has 6 amide bonds. The van der Waals surface area contributed by atoms with Crippen LogP contribution in [0.4, 0.5) is 5.82 Å². The number of carbonyl (C=O) groups is 7. The van der Waals surface area contributed by atoms with Crippen LogP contribution in [0.25, 0.3) is 0 Å². The molecule has 0 aliphatic carbocycles. The number of rotatable bonds is 18. The fourth-order valence-corrected chi connectivity index (χ4v) is 6.89. The minimum absolute atomic E-state index is 0.00148. The van der Waals surface area contributed by atoms with Crippen LogP contribution in [0.5, 0.6) is 0 Å². The number of carboxylic acid groups (broad SMARTS) is 1. The summed E-state index contributed by atoms with van der Waals surface area (Å²) in [5.41, 5.74) is 8.89. The van der Waals surface area contributed by atoms with Crippen LogP contribution in [0.3, 0.4) is 0 Å². The van der Waals surface area contributed by atoms with Crippen molar-refractivity contribution >= 4 is 69.5 Å². The van der Waals surface area contributed by atoms with Crippen LogP contribution in [0, 0.1) is 5.41 Å². The average Bonchev–Trinajstić information content (AvgIpc) is 3.25. The molecule has 24 heteroatoms. The minimum atomic E-state index is -4.48. The molecule has 0 radical (unpaired) electrons. The quantitative estimate of drug-likeness (QED) is 0.0233. The van der Waals surface area contributed by atoms with E-state index in [0.29, 0.717) is 12.0 Å². The summed E-state index contributed by atoms with van der Waals surface area (Å²) in [6.45, 7) is -0.384. The number of nitrogens with one attached hydrogen (secondary N) is 9. The molecule has 2 heterocycles. The van der Waals surface area contributed by atoms with Crippen molar-refractivity contribution in [3.05, 3.63) is 89.6 Å². The van der Waals surface area contributed by atoms with Gasteiger partial charge in [-0.1, -0.05) is 48.5 Å². The third-order valence-electron chi connectivity index (χ3n) is 9.43. The van der Waals surface area contributed by atoms with Crippen molar-refractivity contribution in [3.8, 4) is 0 Å². The molecule has 0 bridgehead atoms. The molecule has 0 unspecified atom stereocenters. The number of guanidine groups is 1. The van der Waals surface area contributed by atoms with E-state index in [1.807, 2.05) is 0 Å². The van der Waals surface area contributed by atoms with E-state index in [1.54, 1.807) is 36.4 Å². The highest BCUT2D eigenvalue weighted by molar-refractivity contribution is 7.86. The molecule has 342 valence electrons. The second kappa shape index (κ2) is 24.2. The summed E-state index contributed by atoms with van der Waals surface area (Å²) in [4.78, 5) is 95.9. The number of anilines is 1. The van der Waals surface area contributed by atoms with E-state index in [4.69, 9.17) is 11.1 Å². The van der Waals surface area contributed by atoms with Crippen molar-refractivity contribution in [2.45, 2.75) is 74.0 Å². The SMILES string of the molecule is N=C(N)NCCC[C@@H]1NC(=O)[C@H](CCCCNC(=O)c2ccc(N/N=C/c3ccccc3S(=O)(=O)O)nc2)NC(=O)[C@@H](Cc2ccccc2)NC(=O)[C@H](CC(=O)O)NC(=O)CNC1=O. The molecule has 1 aliphatic heterocycles. The first kappa shape index (κ1) is 49.2. The Morgan fingerprint density at radius 1 is 0.797 bits per heavy atom. The summed E-state index contributed by atoms with van der Waals surface area (Å²) in [7, 11) is -4.48. The Morgan fingerprint density at radius 2 is 1.42 bits per heavy atom. The number of pyridine rings is 1. The molecule has 13 N–H and O–H groups in total. The highest BCUT2D eigenvalue weighted by Crippen LogP contribution is 2.14. The molecular formula is C40H50N12O11S. The third-order valence-corrected chi connectivity index (χ3v) is 10.4. The number of carbonyl (C=O) groups excluding carboxylic acids is 6. The zero-order chi connectivity index (χ0) is 46.6. The monoisotopic (exact) mass is 906 g/mol. The molecule has 2 aromatic carbocycles. The molecule has 4 atom stereocenters. The van der Waals surface area contributed by atoms with Crippen molar-refractivity contribution in [2.24, 2.45) is 10.8 Å². The first-order valence-corrected chi connectivity index (χ1v) is 21.4. The highest BCUT2D eigenvalue weighted by atomic mass is 32.2. The van der Waals surface area contributed by atoms with Gasteiger partial charge < -0.3 is 48.1 Å². The van der Waals surface area contributed by atoms with Crippen LogP contribution in [0.2, 0.25) is 0 Å². The predicted octanol–water partition coefficient (Wildman–Crippen LogP) is -1.28. The summed E-state index contributed by atoms with van der Waals surface area (Å²) in [5, 5.41) is 38.6. The average molecular weight is 907 g/mol. The van der Waals surface area contributed by atoms with Crippen LogP contribution in [-0.2, 0) is 45.3 Å². The summed E-state index contributed by atoms with van der Waals surface area (Å²) >= 11 is 0. The Kier molecular flexibility index (Phi) is 18.6. The topological polar surface area (TPSA) is 365 Å². The van der Waals surface area contributed by atoms with Crippen LogP contribution < -0.4 is 48.4 Å². The van der Waals surface area contributed by atoms with E-state index < -0.39 is 88.7 Å². The van der Waals surface area contributed by atoms with Crippen LogP contribution in [0.1, 0.15) is 60.0 Å². The minimum Gasteiger partial charge on any atom is -0.481 e.